The normalized spacial score (nSPS) is 22.0. The molecule has 3 aromatic carbocycles. The number of methoxy groups -OCH3 is 1. The Labute approximate surface area is 226 Å². The minimum atomic E-state index is -1.67. The van der Waals surface area contributed by atoms with E-state index in [1.54, 1.807) is 18.2 Å². The number of amides is 2. The van der Waals surface area contributed by atoms with Gasteiger partial charge in [-0.15, -0.1) is 0 Å². The van der Waals surface area contributed by atoms with Crippen LogP contribution in [0.2, 0.25) is 10.0 Å². The number of carbonyl (C=O) groups is 3. The molecule has 1 saturated heterocycles. The Balaban J connectivity index is 1.79. The van der Waals surface area contributed by atoms with Gasteiger partial charge in [-0.3, -0.25) is 9.59 Å². The topological polar surface area (TPSA) is 93.7 Å². The number of hydrogen-bond donors (Lipinski definition) is 2. The highest BCUT2D eigenvalue weighted by atomic mass is 35.5. The summed E-state index contributed by atoms with van der Waals surface area (Å²) in [6, 6.07) is 10.8. The maximum absolute atomic E-state index is 15.2. The molecule has 38 heavy (non-hydrogen) atoms. The minimum Gasteiger partial charge on any atom is -0.482 e. The molecule has 0 bridgehead atoms. The highest BCUT2D eigenvalue weighted by Gasteiger charge is 2.62. The fourth-order valence-corrected chi connectivity index (χ4v) is 5.73. The fraction of sp³-hybridized carbons (Fsp3) is 0.222. The second kappa shape index (κ2) is 9.89. The number of benzene rings is 3. The summed E-state index contributed by atoms with van der Waals surface area (Å²) in [6.07, 6.45) is -0.224. The van der Waals surface area contributed by atoms with Gasteiger partial charge >= 0.3 is 5.97 Å². The van der Waals surface area contributed by atoms with Gasteiger partial charge in [-0.1, -0.05) is 29.3 Å². The molecule has 3 atom stereocenters. The predicted molar refractivity (Wildman–Crippen MR) is 135 cm³/mol. The molecule has 0 saturated carbocycles. The lowest BCUT2D eigenvalue weighted by Gasteiger charge is -2.46. The van der Waals surface area contributed by atoms with Gasteiger partial charge in [-0.05, 0) is 54.1 Å². The van der Waals surface area contributed by atoms with E-state index in [1.165, 1.54) is 25.3 Å². The maximum Gasteiger partial charge on any atom is 0.343 e. The molecular formula is C27H20Cl2F2N2O5. The van der Waals surface area contributed by atoms with Gasteiger partial charge in [0, 0.05) is 39.2 Å². The largest absolute Gasteiger partial charge is 0.482 e. The van der Waals surface area contributed by atoms with Crippen molar-refractivity contribution in [2.24, 2.45) is 0 Å². The zero-order chi connectivity index (χ0) is 27.2. The molecule has 0 aromatic heterocycles. The first-order valence-corrected chi connectivity index (χ1v) is 12.3. The number of hydrogen-bond acceptors (Lipinski definition) is 5. The number of anilines is 1. The van der Waals surface area contributed by atoms with Crippen molar-refractivity contribution < 1.29 is 32.6 Å². The molecule has 1 spiro atoms. The van der Waals surface area contributed by atoms with Gasteiger partial charge in [0.25, 0.3) is 0 Å². The quantitative estimate of drug-likeness (QED) is 0.425. The van der Waals surface area contributed by atoms with Crippen molar-refractivity contribution in [2.45, 2.75) is 23.8 Å². The van der Waals surface area contributed by atoms with E-state index in [-0.39, 0.29) is 22.8 Å². The van der Waals surface area contributed by atoms with E-state index in [9.17, 15) is 18.8 Å². The van der Waals surface area contributed by atoms with Crippen LogP contribution in [0.1, 0.15) is 35.1 Å². The van der Waals surface area contributed by atoms with Gasteiger partial charge in [-0.2, -0.15) is 0 Å². The lowest BCUT2D eigenvalue weighted by Crippen LogP contribution is -2.57. The molecule has 0 aliphatic carbocycles. The molecule has 0 radical (unpaired) electrons. The van der Waals surface area contributed by atoms with Crippen LogP contribution in [0.25, 0.3) is 0 Å². The number of esters is 1. The third-order valence-corrected chi connectivity index (χ3v) is 7.41. The molecule has 5 rings (SSSR count). The van der Waals surface area contributed by atoms with E-state index in [0.717, 1.165) is 18.2 Å². The van der Waals surface area contributed by atoms with Gasteiger partial charge < -0.3 is 20.1 Å². The Kier molecular flexibility index (Phi) is 6.75. The SMILES string of the molecule is COC(=O)COc1ccc(Cl)cc1[C@H]1CC(=O)NC(c2cc(F)ccc2F)[C@]12C(=O)Nc1cc(Cl)ccc12. The smallest absolute Gasteiger partial charge is 0.343 e. The average Bonchev–Trinajstić information content (AvgIpc) is 3.16. The Morgan fingerprint density at radius 1 is 1.03 bits per heavy atom. The van der Waals surface area contributed by atoms with Crippen LogP contribution in [-0.2, 0) is 24.5 Å². The van der Waals surface area contributed by atoms with Crippen molar-refractivity contribution in [1.29, 1.82) is 0 Å². The van der Waals surface area contributed by atoms with Crippen molar-refractivity contribution >= 4 is 46.7 Å². The number of piperidine rings is 1. The number of ether oxygens (including phenoxy) is 2. The maximum atomic E-state index is 15.2. The van der Waals surface area contributed by atoms with E-state index < -0.39 is 53.4 Å². The molecular weight excluding hydrogens is 541 g/mol. The van der Waals surface area contributed by atoms with Crippen molar-refractivity contribution in [3.8, 4) is 5.75 Å². The summed E-state index contributed by atoms with van der Waals surface area (Å²) >= 11 is 12.5. The van der Waals surface area contributed by atoms with E-state index in [4.69, 9.17) is 27.9 Å². The average molecular weight is 561 g/mol. The number of halogens is 4. The summed E-state index contributed by atoms with van der Waals surface area (Å²) in [6.45, 7) is -0.447. The van der Waals surface area contributed by atoms with E-state index in [1.807, 2.05) is 0 Å². The molecule has 1 fully saturated rings. The van der Waals surface area contributed by atoms with Gasteiger partial charge in [-0.25, -0.2) is 13.6 Å². The first-order chi connectivity index (χ1) is 18.1. The molecule has 2 heterocycles. The standard InChI is InChI=1S/C27H20Cl2F2N2O5/c1-37-24(35)12-38-22-7-3-13(28)8-16(22)19-11-23(34)33-25(17-10-15(30)4-6-20(17)31)27(19)18-5-2-14(29)9-21(18)32-26(27)36/h2-10,19,25H,11-12H2,1H3,(H,32,36)(H,33,34)/t19-,25?,27-/m1/s1. The van der Waals surface area contributed by atoms with Crippen molar-refractivity contribution in [3.05, 3.63) is 93.0 Å². The number of carbonyl (C=O) groups excluding carboxylic acids is 3. The second-order valence-corrected chi connectivity index (χ2v) is 9.86. The van der Waals surface area contributed by atoms with Crippen LogP contribution in [0.3, 0.4) is 0 Å². The molecule has 2 amide bonds. The summed E-state index contributed by atoms with van der Waals surface area (Å²) in [5, 5.41) is 6.14. The fourth-order valence-electron chi connectivity index (χ4n) is 5.38. The van der Waals surface area contributed by atoms with Gasteiger partial charge in [0.05, 0.1) is 13.2 Å². The van der Waals surface area contributed by atoms with E-state index in [2.05, 4.69) is 15.4 Å². The highest BCUT2D eigenvalue weighted by molar-refractivity contribution is 6.31. The second-order valence-electron chi connectivity index (χ2n) is 8.98. The zero-order valence-electron chi connectivity index (χ0n) is 19.8. The Bertz CT molecular complexity index is 1480. The summed E-state index contributed by atoms with van der Waals surface area (Å²) < 4.78 is 40.0. The minimum absolute atomic E-state index is 0.174. The molecule has 2 aliphatic heterocycles. The monoisotopic (exact) mass is 560 g/mol. The lowest BCUT2D eigenvalue weighted by molar-refractivity contribution is -0.143. The number of rotatable bonds is 5. The number of fused-ring (bicyclic) bond motifs is 2. The molecule has 3 aromatic rings. The van der Waals surface area contributed by atoms with Gasteiger partial charge in [0.2, 0.25) is 11.8 Å². The third-order valence-electron chi connectivity index (χ3n) is 6.94. The van der Waals surface area contributed by atoms with Crippen LogP contribution in [0.5, 0.6) is 5.75 Å². The Morgan fingerprint density at radius 2 is 1.76 bits per heavy atom. The van der Waals surface area contributed by atoms with E-state index >= 15 is 4.39 Å². The third kappa shape index (κ3) is 4.25. The Morgan fingerprint density at radius 3 is 2.53 bits per heavy atom. The summed E-state index contributed by atoms with van der Waals surface area (Å²) in [7, 11) is 1.21. The first-order valence-electron chi connectivity index (χ1n) is 11.5. The van der Waals surface area contributed by atoms with Crippen molar-refractivity contribution in [1.82, 2.24) is 5.32 Å². The summed E-state index contributed by atoms with van der Waals surface area (Å²) in [5.74, 6) is -4.08. The number of nitrogens with one attached hydrogen (secondary N) is 2. The van der Waals surface area contributed by atoms with Crippen LogP contribution >= 0.6 is 23.2 Å². The molecule has 2 aliphatic rings. The van der Waals surface area contributed by atoms with Crippen molar-refractivity contribution in [3.63, 3.8) is 0 Å². The van der Waals surface area contributed by atoms with Crippen molar-refractivity contribution in [2.75, 3.05) is 19.0 Å². The first kappa shape index (κ1) is 25.9. The van der Waals surface area contributed by atoms with Crippen LogP contribution in [0.15, 0.2) is 54.6 Å². The molecule has 196 valence electrons. The highest BCUT2D eigenvalue weighted by Crippen LogP contribution is 2.59. The molecule has 2 N–H and O–H groups in total. The van der Waals surface area contributed by atoms with E-state index in [0.29, 0.717) is 21.8 Å². The zero-order valence-corrected chi connectivity index (χ0v) is 21.3. The van der Waals surface area contributed by atoms with Gasteiger partial charge in [0.1, 0.15) is 22.8 Å². The van der Waals surface area contributed by atoms with Crippen LogP contribution in [0.4, 0.5) is 14.5 Å². The Hall–Kier alpha value is -3.69. The summed E-state index contributed by atoms with van der Waals surface area (Å²) in [5.41, 5.74) is -0.763. The van der Waals surface area contributed by atoms with Crippen LogP contribution < -0.4 is 15.4 Å². The molecule has 1 unspecified atom stereocenters. The van der Waals surface area contributed by atoms with Crippen LogP contribution in [0, 0.1) is 11.6 Å². The lowest BCUT2D eigenvalue weighted by atomic mass is 9.59. The predicted octanol–water partition coefficient (Wildman–Crippen LogP) is 5.06. The van der Waals surface area contributed by atoms with Gasteiger partial charge in [0.15, 0.2) is 6.61 Å². The summed E-state index contributed by atoms with van der Waals surface area (Å²) in [4.78, 5) is 39.0. The molecule has 7 nitrogen and oxygen atoms in total. The molecule has 11 heteroatoms. The van der Waals surface area contributed by atoms with Crippen LogP contribution in [-0.4, -0.2) is 31.5 Å².